The molecule has 0 saturated heterocycles. The van der Waals surface area contributed by atoms with Gasteiger partial charge in [-0.1, -0.05) is 73.5 Å². The molecule has 18 heteroatoms. The van der Waals surface area contributed by atoms with Gasteiger partial charge in [-0.3, -0.25) is 9.68 Å². The molecule has 1 heterocycles. The normalized spacial score (nSPS) is 12.6. The summed E-state index contributed by atoms with van der Waals surface area (Å²) in [6.45, 7) is 15.8. The van der Waals surface area contributed by atoms with E-state index in [0.29, 0.717) is 102 Å². The third kappa shape index (κ3) is 19.9. The molecule has 1 aromatic rings. The van der Waals surface area contributed by atoms with Gasteiger partial charge in [-0.25, -0.2) is 37.7 Å². The van der Waals surface area contributed by atoms with Gasteiger partial charge in [0.15, 0.2) is 0 Å². The first-order valence-corrected chi connectivity index (χ1v) is 19.2. The topological polar surface area (TPSA) is 211 Å². The maximum absolute atomic E-state index is 13.5. The van der Waals surface area contributed by atoms with Crippen LogP contribution in [0.1, 0.15) is 138 Å². The molecule has 1 atom stereocenters. The van der Waals surface area contributed by atoms with Crippen LogP contribution in [0.4, 0.5) is 9.59 Å². The van der Waals surface area contributed by atoms with Gasteiger partial charge in [-0.2, -0.15) is 0 Å². The second-order valence-electron chi connectivity index (χ2n) is 12.9. The average molecular weight is 766 g/mol. The third-order valence-electron chi connectivity index (χ3n) is 8.48. The lowest BCUT2D eigenvalue weighted by atomic mass is 10.2. The summed E-state index contributed by atoms with van der Waals surface area (Å²) in [5.74, 6) is 0. The molecule has 1 unspecified atom stereocenters. The van der Waals surface area contributed by atoms with Crippen LogP contribution in [0.2, 0.25) is 0 Å². The summed E-state index contributed by atoms with van der Waals surface area (Å²) in [5, 5.41) is 20.2. The molecule has 0 aliphatic rings. The van der Waals surface area contributed by atoms with Crippen molar-refractivity contribution in [2.75, 3.05) is 13.1 Å². The highest BCUT2D eigenvalue weighted by Gasteiger charge is 2.16. The Bertz CT molecular complexity index is 1460. The number of nitrogens with zero attached hydrogens (tertiary/aromatic N) is 7. The number of rotatable bonds is 29. The molecular formula is C36H63N9O9. The molecule has 0 saturated carbocycles. The maximum Gasteiger partial charge on any atom is 0.433 e. The molecule has 0 aliphatic heterocycles. The number of hydrogen-bond donors (Lipinski definition) is 2. The number of hydrogen-bond acceptors (Lipinski definition) is 13. The smallest absolute Gasteiger partial charge is 0.349 e. The zero-order valence-electron chi connectivity index (χ0n) is 33.2. The highest BCUT2D eigenvalue weighted by atomic mass is 16.8. The average Bonchev–Trinajstić information content (AvgIpc) is 3.16. The number of carbonyl (C=O) groups excluding carboxylic acids is 2. The van der Waals surface area contributed by atoms with Crippen molar-refractivity contribution >= 4 is 36.0 Å². The molecule has 1 aromatic heterocycles. The van der Waals surface area contributed by atoms with Crippen molar-refractivity contribution in [3.63, 3.8) is 0 Å². The van der Waals surface area contributed by atoms with E-state index < -0.39 is 35.5 Å². The summed E-state index contributed by atoms with van der Waals surface area (Å²) >= 11 is 0. The van der Waals surface area contributed by atoms with E-state index in [1.165, 1.54) is 0 Å². The number of oxime groups is 4. The molecular weight excluding hydrogens is 702 g/mol. The van der Waals surface area contributed by atoms with Crippen molar-refractivity contribution < 1.29 is 28.9 Å². The van der Waals surface area contributed by atoms with E-state index >= 15 is 0 Å². The largest absolute Gasteiger partial charge is 0.433 e. The van der Waals surface area contributed by atoms with E-state index in [1.807, 2.05) is 27.7 Å². The fourth-order valence-corrected chi connectivity index (χ4v) is 4.75. The van der Waals surface area contributed by atoms with Gasteiger partial charge in [0.2, 0.25) is 0 Å². The van der Waals surface area contributed by atoms with E-state index in [2.05, 4.69) is 38.0 Å². The Morgan fingerprint density at radius 2 is 0.944 bits per heavy atom. The van der Waals surface area contributed by atoms with E-state index in [4.69, 9.17) is 19.4 Å². The first-order valence-electron chi connectivity index (χ1n) is 19.2. The maximum atomic E-state index is 13.5. The van der Waals surface area contributed by atoms with Gasteiger partial charge in [0.1, 0.15) is 0 Å². The van der Waals surface area contributed by atoms with Crippen LogP contribution in [-0.4, -0.2) is 69.1 Å². The van der Waals surface area contributed by atoms with Crippen molar-refractivity contribution in [1.82, 2.24) is 24.3 Å². The summed E-state index contributed by atoms with van der Waals surface area (Å²) < 4.78 is 3.43. The lowest BCUT2D eigenvalue weighted by molar-refractivity contribution is -0.145. The highest BCUT2D eigenvalue weighted by Crippen LogP contribution is 2.10. The minimum absolute atomic E-state index is 0.143. The Morgan fingerprint density at radius 3 is 1.33 bits per heavy atom. The van der Waals surface area contributed by atoms with Crippen molar-refractivity contribution in [3.8, 4) is 0 Å². The van der Waals surface area contributed by atoms with E-state index in [0.717, 1.165) is 38.7 Å². The van der Waals surface area contributed by atoms with Gasteiger partial charge in [0, 0.05) is 45.9 Å². The van der Waals surface area contributed by atoms with Crippen LogP contribution in [0, 0.1) is 0 Å². The Labute approximate surface area is 318 Å². The number of nitrogens with one attached hydrogen (secondary N) is 2. The molecule has 0 bridgehead atoms. The van der Waals surface area contributed by atoms with Gasteiger partial charge in [-0.05, 0) is 78.6 Å². The van der Waals surface area contributed by atoms with E-state index in [-0.39, 0.29) is 19.6 Å². The molecule has 18 nitrogen and oxygen atoms in total. The summed E-state index contributed by atoms with van der Waals surface area (Å²) in [4.78, 5) is 84.1. The third-order valence-corrected chi connectivity index (χ3v) is 8.48. The van der Waals surface area contributed by atoms with E-state index in [1.54, 1.807) is 13.8 Å². The van der Waals surface area contributed by atoms with Crippen LogP contribution < -0.4 is 27.7 Å². The van der Waals surface area contributed by atoms with Crippen molar-refractivity contribution in [2.24, 2.45) is 20.6 Å². The molecule has 0 radical (unpaired) electrons. The van der Waals surface area contributed by atoms with Crippen molar-refractivity contribution in [1.29, 1.82) is 0 Å². The molecule has 0 spiro atoms. The van der Waals surface area contributed by atoms with Crippen molar-refractivity contribution in [3.05, 3.63) is 31.5 Å². The molecule has 2 amide bonds. The van der Waals surface area contributed by atoms with E-state index in [9.17, 15) is 24.0 Å². The fourth-order valence-electron chi connectivity index (χ4n) is 4.75. The van der Waals surface area contributed by atoms with Gasteiger partial charge in [0.05, 0.1) is 17.1 Å². The molecule has 0 aromatic carbocycles. The summed E-state index contributed by atoms with van der Waals surface area (Å²) in [5.41, 5.74) is 0.343. The second-order valence-corrected chi connectivity index (χ2v) is 12.9. The first-order chi connectivity index (χ1) is 26.0. The van der Waals surface area contributed by atoms with Gasteiger partial charge >= 0.3 is 29.3 Å². The van der Waals surface area contributed by atoms with Crippen LogP contribution in [0.15, 0.2) is 35.0 Å². The highest BCUT2D eigenvalue weighted by molar-refractivity contribution is 5.82. The summed E-state index contributed by atoms with van der Waals surface area (Å²) in [6.07, 6.45) is 7.79. The standard InChI is InChI=1S/C36H63N9O9/c1-8-28(4)40-52-31(51-37-7)22-16-15-21-27-45-35(49)43(25-19-13-11-17-23-38-32(46)53-41-29(5)9-2)34(48)44(36(45)50)26-20-14-12-18-24-39-33(47)54-42-30(6)10-3/h31H,7-27H2,1-6H3,(H,38,46)(H,39,47). The Hall–Kier alpha value is -4.77. The number of carbonyl (C=O) groups is 2. The Morgan fingerprint density at radius 1 is 0.574 bits per heavy atom. The molecule has 2 N–H and O–H groups in total. The van der Waals surface area contributed by atoms with Crippen LogP contribution in [0.25, 0.3) is 0 Å². The quantitative estimate of drug-likeness (QED) is 0.0339. The number of amides is 2. The lowest BCUT2D eigenvalue weighted by Crippen LogP contribution is -2.54. The fraction of sp³-hybridized carbons (Fsp3) is 0.750. The van der Waals surface area contributed by atoms with Gasteiger partial charge in [-0.15, -0.1) is 0 Å². The predicted octanol–water partition coefficient (Wildman–Crippen LogP) is 5.64. The first kappa shape index (κ1) is 47.3. The Kier molecular flexibility index (Phi) is 25.1. The zero-order valence-corrected chi connectivity index (χ0v) is 33.2. The summed E-state index contributed by atoms with van der Waals surface area (Å²) in [7, 11) is 0. The SMILES string of the molecule is C=NOC(CCCCCn1c(=O)n(CCCCCCNC(=O)ON=C(C)CC)c(=O)n(CCCCCCNC(=O)ON=C(C)CC)c1=O)ON=C(C)CC. The zero-order chi connectivity index (χ0) is 40.1. The van der Waals surface area contributed by atoms with Gasteiger partial charge < -0.3 is 20.3 Å². The molecule has 0 fully saturated rings. The monoisotopic (exact) mass is 765 g/mol. The lowest BCUT2D eigenvalue weighted by Gasteiger charge is -2.15. The molecule has 306 valence electrons. The minimum atomic E-state index is -0.700. The van der Waals surface area contributed by atoms with Crippen molar-refractivity contribution in [2.45, 2.75) is 164 Å². The molecule has 1 rings (SSSR count). The van der Waals surface area contributed by atoms with Crippen LogP contribution in [0.5, 0.6) is 0 Å². The summed E-state index contributed by atoms with van der Waals surface area (Å²) in [6, 6.07) is 0. The minimum Gasteiger partial charge on any atom is -0.349 e. The molecule has 54 heavy (non-hydrogen) atoms. The number of unbranched alkanes of at least 4 members (excludes halogenated alkanes) is 8. The van der Waals surface area contributed by atoms with Gasteiger partial charge in [0.25, 0.3) is 6.29 Å². The molecule has 0 aliphatic carbocycles. The predicted molar refractivity (Wildman–Crippen MR) is 209 cm³/mol. The number of aromatic nitrogens is 3. The Balaban J connectivity index is 2.85. The van der Waals surface area contributed by atoms with Crippen LogP contribution in [-0.2, 0) is 39.0 Å². The van der Waals surface area contributed by atoms with Crippen LogP contribution in [0.3, 0.4) is 0 Å². The second kappa shape index (κ2) is 28.7. The van der Waals surface area contributed by atoms with Crippen LogP contribution >= 0.6 is 0 Å².